The van der Waals surface area contributed by atoms with E-state index in [-0.39, 0.29) is 44.4 Å². The van der Waals surface area contributed by atoms with E-state index in [1.54, 1.807) is 60.7 Å². The van der Waals surface area contributed by atoms with E-state index in [0.29, 0.717) is 25.8 Å². The van der Waals surface area contributed by atoms with Crippen LogP contribution in [-0.4, -0.2) is 101 Å². The molecule has 0 unspecified atom stereocenters. The summed E-state index contributed by atoms with van der Waals surface area (Å²) in [7, 11) is -1.91. The Morgan fingerprint density at radius 2 is 1.15 bits per heavy atom. The number of benzene rings is 2. The SMILES string of the molecule is CCCC[C@H](NC(=O)[C@H](CCC(N)=O)NC(=O)[C@H](CO)NC(=O)[C@H](Cc1ccccc1)NC(=O)CCCCCN)C(=O)N[C@H](Cc1ccccc1)B(O)O. The van der Waals surface area contributed by atoms with Crippen molar-refractivity contribution in [3.63, 3.8) is 0 Å². The summed E-state index contributed by atoms with van der Waals surface area (Å²) in [5.41, 5.74) is 12.3. The summed E-state index contributed by atoms with van der Waals surface area (Å²) in [6.45, 7) is 1.50. The molecule has 5 atom stereocenters. The summed E-state index contributed by atoms with van der Waals surface area (Å²) in [6.07, 6.45) is 3.13. The van der Waals surface area contributed by atoms with Gasteiger partial charge < -0.3 is 53.2 Å². The van der Waals surface area contributed by atoms with Crippen molar-refractivity contribution in [2.75, 3.05) is 13.2 Å². The zero-order chi connectivity index (χ0) is 39.9. The number of carbonyl (C=O) groups is 6. The highest BCUT2D eigenvalue weighted by molar-refractivity contribution is 6.43. The molecule has 0 aliphatic rings. The van der Waals surface area contributed by atoms with Gasteiger partial charge in [-0.1, -0.05) is 86.8 Å². The van der Waals surface area contributed by atoms with Crippen molar-refractivity contribution in [3.05, 3.63) is 71.8 Å². The Hall–Kier alpha value is -4.84. The Morgan fingerprint density at radius 3 is 1.69 bits per heavy atom. The lowest BCUT2D eigenvalue weighted by atomic mass is 9.75. The minimum absolute atomic E-state index is 0.0886. The fraction of sp³-hybridized carbons (Fsp3) is 0.514. The zero-order valence-corrected chi connectivity index (χ0v) is 30.9. The fourth-order valence-corrected chi connectivity index (χ4v) is 5.56. The Morgan fingerprint density at radius 1 is 0.630 bits per heavy atom. The van der Waals surface area contributed by atoms with Gasteiger partial charge in [-0.2, -0.15) is 0 Å². The number of hydrogen-bond donors (Lipinski definition) is 10. The number of primary amides is 1. The van der Waals surface area contributed by atoms with Crippen molar-refractivity contribution in [2.45, 2.75) is 108 Å². The minimum Gasteiger partial charge on any atom is -0.426 e. The molecule has 0 aliphatic heterocycles. The molecule has 12 N–H and O–H groups in total. The van der Waals surface area contributed by atoms with Crippen LogP contribution in [-0.2, 0) is 41.6 Å². The quantitative estimate of drug-likeness (QED) is 0.0408. The molecular formula is C37H56BN7O9. The Balaban J connectivity index is 2.20. The zero-order valence-electron chi connectivity index (χ0n) is 30.9. The molecule has 2 aromatic carbocycles. The van der Waals surface area contributed by atoms with Crippen LogP contribution in [0.2, 0.25) is 0 Å². The number of aliphatic hydroxyl groups is 1. The molecule has 0 spiro atoms. The largest absolute Gasteiger partial charge is 0.475 e. The first kappa shape index (κ1) is 45.3. The Kier molecular flexibility index (Phi) is 21.2. The van der Waals surface area contributed by atoms with Crippen LogP contribution in [0.25, 0.3) is 0 Å². The molecule has 6 amide bonds. The normalized spacial score (nSPS) is 13.6. The van der Waals surface area contributed by atoms with Gasteiger partial charge in [0.2, 0.25) is 35.4 Å². The van der Waals surface area contributed by atoms with Gasteiger partial charge in [0.15, 0.2) is 0 Å². The molecule has 0 aliphatic carbocycles. The first-order chi connectivity index (χ1) is 25.9. The van der Waals surface area contributed by atoms with Gasteiger partial charge in [-0.05, 0) is 49.8 Å². The second kappa shape index (κ2) is 25.2. The third-order valence-corrected chi connectivity index (χ3v) is 8.64. The van der Waals surface area contributed by atoms with Crippen molar-refractivity contribution in [3.8, 4) is 0 Å². The molecule has 0 saturated heterocycles. The summed E-state index contributed by atoms with van der Waals surface area (Å²) in [5, 5.41) is 42.9. The van der Waals surface area contributed by atoms with Crippen LogP contribution in [0.4, 0.5) is 0 Å². The van der Waals surface area contributed by atoms with Gasteiger partial charge in [0.1, 0.15) is 24.2 Å². The number of nitrogens with one attached hydrogen (secondary N) is 5. The van der Waals surface area contributed by atoms with E-state index in [2.05, 4.69) is 26.6 Å². The predicted octanol–water partition coefficient (Wildman–Crippen LogP) is -1.13. The van der Waals surface area contributed by atoms with E-state index in [1.165, 1.54) is 0 Å². The van der Waals surface area contributed by atoms with E-state index >= 15 is 0 Å². The summed E-state index contributed by atoms with van der Waals surface area (Å²) in [5.74, 6) is -5.52. The first-order valence-electron chi connectivity index (χ1n) is 18.4. The van der Waals surface area contributed by atoms with Gasteiger partial charge in [0.25, 0.3) is 0 Å². The highest BCUT2D eigenvalue weighted by Gasteiger charge is 2.33. The average molecular weight is 754 g/mol. The van der Waals surface area contributed by atoms with Gasteiger partial charge in [-0.3, -0.25) is 28.8 Å². The summed E-state index contributed by atoms with van der Waals surface area (Å²) >= 11 is 0. The molecule has 0 saturated carbocycles. The molecule has 16 nitrogen and oxygen atoms in total. The maximum atomic E-state index is 13.6. The number of rotatable bonds is 26. The lowest BCUT2D eigenvalue weighted by Gasteiger charge is -2.27. The smallest absolute Gasteiger partial charge is 0.426 e. The molecule has 54 heavy (non-hydrogen) atoms. The van der Waals surface area contributed by atoms with E-state index in [9.17, 15) is 43.9 Å². The van der Waals surface area contributed by atoms with Crippen molar-refractivity contribution < 1.29 is 43.9 Å². The number of unbranched alkanes of at least 4 members (excludes halogenated alkanes) is 3. The first-order valence-corrected chi connectivity index (χ1v) is 18.4. The number of aliphatic hydroxyl groups excluding tert-OH is 1. The minimum atomic E-state index is -1.91. The molecule has 17 heteroatoms. The van der Waals surface area contributed by atoms with Gasteiger partial charge in [0.05, 0.1) is 12.5 Å². The average Bonchev–Trinajstić information content (AvgIpc) is 3.15. The van der Waals surface area contributed by atoms with Crippen molar-refractivity contribution in [2.24, 2.45) is 11.5 Å². The predicted molar refractivity (Wildman–Crippen MR) is 203 cm³/mol. The van der Waals surface area contributed by atoms with Crippen LogP contribution in [0.15, 0.2) is 60.7 Å². The second-order valence-corrected chi connectivity index (χ2v) is 13.1. The summed E-state index contributed by atoms with van der Waals surface area (Å²) in [4.78, 5) is 78.4. The molecule has 2 aromatic rings. The Labute approximate surface area is 316 Å². The van der Waals surface area contributed by atoms with Crippen LogP contribution in [0, 0.1) is 0 Å². The van der Waals surface area contributed by atoms with Crippen LogP contribution in [0.1, 0.15) is 75.8 Å². The molecule has 296 valence electrons. The highest BCUT2D eigenvalue weighted by Crippen LogP contribution is 2.10. The maximum absolute atomic E-state index is 13.6. The second-order valence-electron chi connectivity index (χ2n) is 13.1. The Bertz CT molecular complexity index is 1470. The summed E-state index contributed by atoms with van der Waals surface area (Å²) in [6, 6.07) is 12.5. The van der Waals surface area contributed by atoms with Gasteiger partial charge in [0, 0.05) is 19.3 Å². The maximum Gasteiger partial charge on any atom is 0.475 e. The molecular weight excluding hydrogens is 697 g/mol. The van der Waals surface area contributed by atoms with E-state index in [0.717, 1.165) is 24.0 Å². The molecule has 0 bridgehead atoms. The van der Waals surface area contributed by atoms with Gasteiger partial charge >= 0.3 is 7.12 Å². The third-order valence-electron chi connectivity index (χ3n) is 8.64. The third kappa shape index (κ3) is 17.3. The number of nitrogens with two attached hydrogens (primary N) is 2. The lowest BCUT2D eigenvalue weighted by molar-refractivity contribution is -0.135. The molecule has 2 rings (SSSR count). The fourth-order valence-electron chi connectivity index (χ4n) is 5.56. The highest BCUT2D eigenvalue weighted by atomic mass is 16.4. The molecule has 0 aromatic heterocycles. The lowest BCUT2D eigenvalue weighted by Crippen LogP contribution is -2.60. The van der Waals surface area contributed by atoms with Gasteiger partial charge in [-0.25, -0.2) is 0 Å². The summed E-state index contributed by atoms with van der Waals surface area (Å²) < 4.78 is 0. The van der Waals surface area contributed by atoms with Crippen LogP contribution in [0.5, 0.6) is 0 Å². The number of hydrogen-bond acceptors (Lipinski definition) is 10. The van der Waals surface area contributed by atoms with Crippen LogP contribution < -0.4 is 38.1 Å². The van der Waals surface area contributed by atoms with Crippen molar-refractivity contribution >= 4 is 42.6 Å². The monoisotopic (exact) mass is 753 g/mol. The van der Waals surface area contributed by atoms with Crippen molar-refractivity contribution in [1.29, 1.82) is 0 Å². The topological polar surface area (TPSA) is 275 Å². The van der Waals surface area contributed by atoms with Crippen molar-refractivity contribution in [1.82, 2.24) is 26.6 Å². The van der Waals surface area contributed by atoms with Gasteiger partial charge in [-0.15, -0.1) is 0 Å². The number of amides is 6. The molecule has 0 radical (unpaired) electrons. The standard InChI is InChI=1S/C37H56BN7O9/c1-2-3-17-27(35(50)45-31(38(53)54)23-26-15-9-5-10-16-26)42-34(49)28(19-20-32(40)47)43-37(52)30(24-46)44-36(51)29(22-25-13-7-4-8-14-25)41-33(48)18-11-6-12-21-39/h4-5,7-10,13-16,27-31,46,53-54H,2-3,6,11-12,17-24,39H2,1H3,(H2,40,47)(H,41,48)(H,42,49)(H,43,52)(H,44,51)(H,45,50)/t27-,28-,29-,30-,31+/m0/s1. The molecule has 0 heterocycles. The van der Waals surface area contributed by atoms with E-state index in [4.69, 9.17) is 11.5 Å². The number of carbonyl (C=O) groups excluding carboxylic acids is 6. The van der Waals surface area contributed by atoms with Crippen LogP contribution >= 0.6 is 0 Å². The van der Waals surface area contributed by atoms with Crippen LogP contribution in [0.3, 0.4) is 0 Å². The van der Waals surface area contributed by atoms with E-state index in [1.807, 2.05) is 6.92 Å². The molecule has 0 fully saturated rings. The van der Waals surface area contributed by atoms with E-state index < -0.39 is 73.4 Å².